The number of carboxylic acids is 1. The number of fused-ring (bicyclic) bond motifs is 1. The van der Waals surface area contributed by atoms with E-state index in [9.17, 15) is 4.79 Å². The van der Waals surface area contributed by atoms with Crippen LogP contribution in [0.25, 0.3) is 0 Å². The minimum absolute atomic E-state index is 0.0718. The number of carbonyl (C=O) groups is 1. The van der Waals surface area contributed by atoms with Crippen LogP contribution in [0.2, 0.25) is 0 Å². The molecule has 1 aliphatic heterocycles. The molecule has 2 aromatic rings. The van der Waals surface area contributed by atoms with Crippen LogP contribution in [-0.4, -0.2) is 32.6 Å². The molecule has 0 saturated heterocycles. The van der Waals surface area contributed by atoms with Gasteiger partial charge < -0.3 is 15.2 Å². The number of hydrogen-bond acceptors (Lipinski definition) is 7. The second-order valence-corrected chi connectivity index (χ2v) is 5.39. The van der Waals surface area contributed by atoms with Gasteiger partial charge in [-0.05, 0) is 0 Å². The fourth-order valence-electron chi connectivity index (χ4n) is 1.85. The third kappa shape index (κ3) is 2.75. The molecule has 0 fully saturated rings. The minimum atomic E-state index is -1.09. The number of aromatic carboxylic acids is 1. The average molecular weight is 292 g/mol. The molecule has 2 N–H and O–H groups in total. The summed E-state index contributed by atoms with van der Waals surface area (Å²) in [4.78, 5) is 24.2. The summed E-state index contributed by atoms with van der Waals surface area (Å²) < 4.78 is 5.38. The normalized spacial score (nSPS) is 13.8. The van der Waals surface area contributed by atoms with Gasteiger partial charge in [0.2, 0.25) is 0 Å². The Bertz CT molecular complexity index is 603. The highest BCUT2D eigenvalue weighted by Crippen LogP contribution is 2.23. The van der Waals surface area contributed by atoms with E-state index in [0.717, 1.165) is 23.7 Å². The molecule has 0 saturated carbocycles. The summed E-state index contributed by atoms with van der Waals surface area (Å²) in [5.41, 5.74) is 1.04. The van der Waals surface area contributed by atoms with E-state index >= 15 is 0 Å². The Morgan fingerprint density at radius 1 is 1.45 bits per heavy atom. The first-order chi connectivity index (χ1) is 9.72. The lowest BCUT2D eigenvalue weighted by atomic mass is 10.2. The van der Waals surface area contributed by atoms with Crippen molar-refractivity contribution in [3.63, 3.8) is 0 Å². The molecular formula is C12H12N4O3S. The number of hydrogen-bond donors (Lipinski definition) is 2. The van der Waals surface area contributed by atoms with Crippen LogP contribution in [0.3, 0.4) is 0 Å². The van der Waals surface area contributed by atoms with Gasteiger partial charge >= 0.3 is 5.97 Å². The number of rotatable bonds is 4. The highest BCUT2D eigenvalue weighted by atomic mass is 32.1. The maximum absolute atomic E-state index is 10.7. The standard InChI is InChI=1S/C12H12N4O3S/c17-12(18)8-3-14-10(4-13-8)15-5-11-16-7-1-2-19-6-9(7)20-11/h3-4H,1-2,5-6H2,(H,14,15)(H,17,18). The van der Waals surface area contributed by atoms with Crippen LogP contribution in [0.5, 0.6) is 0 Å². The van der Waals surface area contributed by atoms with Crippen molar-refractivity contribution >= 4 is 23.1 Å². The van der Waals surface area contributed by atoms with Crippen LogP contribution in [-0.2, 0) is 24.3 Å². The van der Waals surface area contributed by atoms with Gasteiger partial charge in [-0.2, -0.15) is 0 Å². The van der Waals surface area contributed by atoms with Crippen molar-refractivity contribution in [3.8, 4) is 0 Å². The zero-order valence-electron chi connectivity index (χ0n) is 10.5. The third-order valence-corrected chi connectivity index (χ3v) is 3.90. The molecule has 0 radical (unpaired) electrons. The van der Waals surface area contributed by atoms with E-state index in [-0.39, 0.29) is 5.69 Å². The molecule has 2 aromatic heterocycles. The summed E-state index contributed by atoms with van der Waals surface area (Å²) >= 11 is 1.62. The molecule has 0 aliphatic carbocycles. The Morgan fingerprint density at radius 3 is 3.05 bits per heavy atom. The average Bonchev–Trinajstić information content (AvgIpc) is 2.88. The number of carboxylic acid groups (broad SMARTS) is 1. The SMILES string of the molecule is O=C(O)c1cnc(NCc2nc3c(s2)COCC3)cn1. The Labute approximate surface area is 118 Å². The van der Waals surface area contributed by atoms with Crippen molar-refractivity contribution in [2.24, 2.45) is 0 Å². The predicted molar refractivity (Wildman–Crippen MR) is 71.8 cm³/mol. The number of ether oxygens (including phenoxy) is 1. The van der Waals surface area contributed by atoms with Gasteiger partial charge in [-0.15, -0.1) is 11.3 Å². The molecule has 20 heavy (non-hydrogen) atoms. The Balaban J connectivity index is 1.64. The van der Waals surface area contributed by atoms with Crippen molar-refractivity contribution in [2.75, 3.05) is 11.9 Å². The molecule has 0 amide bonds. The van der Waals surface area contributed by atoms with Crippen LogP contribution in [0.1, 0.15) is 26.1 Å². The van der Waals surface area contributed by atoms with Crippen molar-refractivity contribution in [3.05, 3.63) is 33.7 Å². The third-order valence-electron chi connectivity index (χ3n) is 2.83. The van der Waals surface area contributed by atoms with E-state index in [2.05, 4.69) is 20.3 Å². The highest BCUT2D eigenvalue weighted by Gasteiger charge is 2.15. The Kier molecular flexibility index (Phi) is 3.57. The summed E-state index contributed by atoms with van der Waals surface area (Å²) in [6, 6.07) is 0. The lowest BCUT2D eigenvalue weighted by molar-refractivity contribution is 0.0690. The topological polar surface area (TPSA) is 97.2 Å². The van der Waals surface area contributed by atoms with E-state index in [0.29, 0.717) is 19.0 Å². The monoisotopic (exact) mass is 292 g/mol. The van der Waals surface area contributed by atoms with Gasteiger partial charge in [0.05, 0.1) is 42.7 Å². The summed E-state index contributed by atoms with van der Waals surface area (Å²) in [6.07, 6.45) is 3.49. The quantitative estimate of drug-likeness (QED) is 0.877. The molecule has 0 bridgehead atoms. The van der Waals surface area contributed by atoms with Gasteiger partial charge in [0.25, 0.3) is 0 Å². The first kappa shape index (κ1) is 12.9. The zero-order chi connectivity index (χ0) is 13.9. The lowest BCUT2D eigenvalue weighted by Gasteiger charge is -2.08. The number of anilines is 1. The second kappa shape index (κ2) is 5.51. The molecule has 7 nitrogen and oxygen atoms in total. The maximum atomic E-state index is 10.7. The summed E-state index contributed by atoms with van der Waals surface area (Å²) in [5.74, 6) is -0.559. The Hall–Kier alpha value is -2.06. The van der Waals surface area contributed by atoms with Crippen molar-refractivity contribution in [1.29, 1.82) is 0 Å². The Morgan fingerprint density at radius 2 is 2.35 bits per heavy atom. The van der Waals surface area contributed by atoms with Gasteiger partial charge in [-0.1, -0.05) is 0 Å². The van der Waals surface area contributed by atoms with E-state index in [1.165, 1.54) is 17.3 Å². The first-order valence-electron chi connectivity index (χ1n) is 6.07. The number of nitrogens with one attached hydrogen (secondary N) is 1. The molecule has 104 valence electrons. The largest absolute Gasteiger partial charge is 0.476 e. The minimum Gasteiger partial charge on any atom is -0.476 e. The van der Waals surface area contributed by atoms with Crippen molar-refractivity contribution in [1.82, 2.24) is 15.0 Å². The van der Waals surface area contributed by atoms with Crippen LogP contribution < -0.4 is 5.32 Å². The van der Waals surface area contributed by atoms with Gasteiger partial charge in [0.15, 0.2) is 5.69 Å². The summed E-state index contributed by atoms with van der Waals surface area (Å²) in [5, 5.41) is 12.8. The smallest absolute Gasteiger partial charge is 0.356 e. The summed E-state index contributed by atoms with van der Waals surface area (Å²) in [7, 11) is 0. The molecule has 1 aliphatic rings. The summed E-state index contributed by atoms with van der Waals surface area (Å²) in [6.45, 7) is 1.91. The van der Waals surface area contributed by atoms with Crippen LogP contribution in [0.15, 0.2) is 12.4 Å². The number of nitrogens with zero attached hydrogens (tertiary/aromatic N) is 3. The second-order valence-electron chi connectivity index (χ2n) is 4.23. The fourth-order valence-corrected chi connectivity index (χ4v) is 2.84. The van der Waals surface area contributed by atoms with E-state index in [1.807, 2.05) is 0 Å². The lowest BCUT2D eigenvalue weighted by Crippen LogP contribution is -2.08. The molecule has 0 spiro atoms. The molecule has 0 atom stereocenters. The van der Waals surface area contributed by atoms with Crippen LogP contribution in [0.4, 0.5) is 5.82 Å². The molecular weight excluding hydrogens is 280 g/mol. The van der Waals surface area contributed by atoms with E-state index in [4.69, 9.17) is 9.84 Å². The first-order valence-corrected chi connectivity index (χ1v) is 6.88. The number of aromatic nitrogens is 3. The van der Waals surface area contributed by atoms with Gasteiger partial charge in [-0.3, -0.25) is 0 Å². The molecule has 0 aromatic carbocycles. The van der Waals surface area contributed by atoms with E-state index in [1.54, 1.807) is 11.3 Å². The highest BCUT2D eigenvalue weighted by molar-refractivity contribution is 7.11. The van der Waals surface area contributed by atoms with Crippen molar-refractivity contribution < 1.29 is 14.6 Å². The van der Waals surface area contributed by atoms with Gasteiger partial charge in [0.1, 0.15) is 10.8 Å². The molecule has 3 heterocycles. The van der Waals surface area contributed by atoms with Gasteiger partial charge in [-0.25, -0.2) is 19.7 Å². The maximum Gasteiger partial charge on any atom is 0.356 e. The predicted octanol–water partition coefficient (Wildman–Crippen LogP) is 1.32. The number of thiazole rings is 1. The van der Waals surface area contributed by atoms with E-state index < -0.39 is 5.97 Å². The van der Waals surface area contributed by atoms with Crippen molar-refractivity contribution in [2.45, 2.75) is 19.6 Å². The van der Waals surface area contributed by atoms with Crippen LogP contribution in [0, 0.1) is 0 Å². The van der Waals surface area contributed by atoms with Gasteiger partial charge in [0, 0.05) is 6.42 Å². The van der Waals surface area contributed by atoms with Crippen LogP contribution >= 0.6 is 11.3 Å². The molecule has 3 rings (SSSR count). The molecule has 0 unspecified atom stereocenters. The zero-order valence-corrected chi connectivity index (χ0v) is 11.3. The molecule has 8 heteroatoms. The fraction of sp³-hybridized carbons (Fsp3) is 0.333.